The van der Waals surface area contributed by atoms with Crippen LogP contribution in [0.25, 0.3) is 0 Å². The van der Waals surface area contributed by atoms with Crippen molar-refractivity contribution in [3.8, 4) is 0 Å². The summed E-state index contributed by atoms with van der Waals surface area (Å²) in [5, 5.41) is -0.554. The lowest BCUT2D eigenvalue weighted by Crippen LogP contribution is -2.50. The summed E-state index contributed by atoms with van der Waals surface area (Å²) in [5.74, 6) is -1.98. The molecule has 5 aliphatic heterocycles. The smallest absolute Gasteiger partial charge is 0.330 e. The number of nitrogens with one attached hydrogen (secondary N) is 2. The number of hydrogen-bond donors (Lipinski definition) is 2. The van der Waals surface area contributed by atoms with Crippen LogP contribution in [0.3, 0.4) is 0 Å². The zero-order valence-corrected chi connectivity index (χ0v) is 26.3. The Morgan fingerprint density at radius 3 is 1.80 bits per heavy atom. The van der Waals surface area contributed by atoms with Crippen LogP contribution in [0.1, 0.15) is 51.3 Å². The number of aryl methyl sites for hydroxylation is 2. The van der Waals surface area contributed by atoms with Crippen molar-refractivity contribution in [2.24, 2.45) is 0 Å². The van der Waals surface area contributed by atoms with Gasteiger partial charge in [0.1, 0.15) is 42.0 Å². The zero-order valence-electron chi connectivity index (χ0n) is 25.5. The van der Waals surface area contributed by atoms with E-state index in [0.29, 0.717) is 11.1 Å². The Balaban J connectivity index is 1.19. The van der Waals surface area contributed by atoms with E-state index >= 15 is 0 Å². The maximum absolute atomic E-state index is 13.4. The number of fused-ring (bicyclic) bond motifs is 2. The molecule has 45 heavy (non-hydrogen) atoms. The van der Waals surface area contributed by atoms with Gasteiger partial charge in [-0.05, 0) is 41.5 Å². The van der Waals surface area contributed by atoms with E-state index < -0.39 is 88.5 Å². The van der Waals surface area contributed by atoms with Crippen LogP contribution in [0.4, 0.5) is 0 Å². The Kier molecular flexibility index (Phi) is 7.12. The number of H-pyrrole nitrogens is 2. The average molecular weight is 650 g/mol. The van der Waals surface area contributed by atoms with E-state index in [1.165, 1.54) is 33.3 Å². The SMILES string of the molecule is Cc1cn([C@@H]2O[C@H]([C@@H]3SCC(=O)N3C[C@H]3O[C@@H](n4cc(C)c(=O)[nH]c4=O)[C@@H]4OC(C)(C)O[C@@H]43)[C@H]3OC(C)(C)O[C@H]32)c(=O)[nH]c1=O. The maximum atomic E-state index is 13.4. The molecule has 0 aliphatic carbocycles. The number of aromatic amines is 2. The molecule has 1 amide bonds. The molecule has 16 nitrogen and oxygen atoms in total. The molecule has 5 saturated heterocycles. The number of carbonyl (C=O) groups excluding carboxylic acids is 1. The van der Waals surface area contributed by atoms with Gasteiger partial charge in [0, 0.05) is 23.5 Å². The Labute approximate surface area is 259 Å². The molecule has 2 aromatic heterocycles. The second-order valence-electron chi connectivity index (χ2n) is 12.9. The van der Waals surface area contributed by atoms with Crippen LogP contribution in [0.2, 0.25) is 0 Å². The first kappa shape index (κ1) is 30.6. The molecule has 17 heteroatoms. The topological polar surface area (TPSA) is 185 Å². The van der Waals surface area contributed by atoms with E-state index in [9.17, 15) is 24.0 Å². The van der Waals surface area contributed by atoms with Crippen LogP contribution in [-0.2, 0) is 33.2 Å². The maximum Gasteiger partial charge on any atom is 0.330 e. The molecular weight excluding hydrogens is 614 g/mol. The van der Waals surface area contributed by atoms with Crippen molar-refractivity contribution in [1.82, 2.24) is 24.0 Å². The van der Waals surface area contributed by atoms with Crippen LogP contribution >= 0.6 is 11.8 Å². The number of carbonyl (C=O) groups is 1. The monoisotopic (exact) mass is 649 g/mol. The minimum atomic E-state index is -0.994. The van der Waals surface area contributed by atoms with E-state index in [1.807, 2.05) is 0 Å². The molecule has 0 spiro atoms. The fourth-order valence-electron chi connectivity index (χ4n) is 6.78. The normalized spacial score (nSPS) is 36.5. The number of ether oxygens (including phenoxy) is 6. The van der Waals surface area contributed by atoms with E-state index in [2.05, 4.69) is 9.97 Å². The molecule has 5 aliphatic rings. The van der Waals surface area contributed by atoms with E-state index in [1.54, 1.807) is 46.4 Å². The molecule has 5 fully saturated rings. The quantitative estimate of drug-likeness (QED) is 0.421. The number of aromatic nitrogens is 4. The number of nitrogens with zero attached hydrogens (tertiary/aromatic N) is 3. The van der Waals surface area contributed by atoms with Crippen molar-refractivity contribution >= 4 is 17.7 Å². The lowest BCUT2D eigenvalue weighted by molar-refractivity contribution is -0.204. The predicted molar refractivity (Wildman–Crippen MR) is 156 cm³/mol. The van der Waals surface area contributed by atoms with Gasteiger partial charge in [0.15, 0.2) is 24.0 Å². The van der Waals surface area contributed by atoms with Gasteiger partial charge in [-0.15, -0.1) is 11.8 Å². The first-order valence-corrected chi connectivity index (χ1v) is 15.7. The molecule has 0 unspecified atom stereocenters. The lowest BCUT2D eigenvalue weighted by Gasteiger charge is -2.34. The zero-order chi connectivity index (χ0) is 32.2. The van der Waals surface area contributed by atoms with Crippen LogP contribution in [0, 0.1) is 13.8 Å². The molecule has 0 saturated carbocycles. The largest absolute Gasteiger partial charge is 0.347 e. The summed E-state index contributed by atoms with van der Waals surface area (Å²) in [6.45, 7) is 10.3. The van der Waals surface area contributed by atoms with Crippen molar-refractivity contribution in [3.63, 3.8) is 0 Å². The summed E-state index contributed by atoms with van der Waals surface area (Å²) >= 11 is 1.37. The highest BCUT2D eigenvalue weighted by Crippen LogP contribution is 2.48. The molecular formula is C28H35N5O11S. The number of hydrogen-bond acceptors (Lipinski definition) is 12. The number of amides is 1. The Morgan fingerprint density at radius 1 is 0.733 bits per heavy atom. The van der Waals surface area contributed by atoms with Gasteiger partial charge in [-0.25, -0.2) is 9.59 Å². The van der Waals surface area contributed by atoms with Gasteiger partial charge >= 0.3 is 11.4 Å². The van der Waals surface area contributed by atoms with Crippen molar-refractivity contribution in [2.75, 3.05) is 12.3 Å². The summed E-state index contributed by atoms with van der Waals surface area (Å²) in [4.78, 5) is 69.4. The third kappa shape index (κ3) is 5.14. The fourth-order valence-corrected chi connectivity index (χ4v) is 8.06. The molecule has 0 bridgehead atoms. The van der Waals surface area contributed by atoms with Crippen LogP contribution in [0.5, 0.6) is 0 Å². The fraction of sp³-hybridized carbons (Fsp3) is 0.679. The summed E-state index contributed by atoms with van der Waals surface area (Å²) in [5.41, 5.74) is -1.65. The molecule has 0 radical (unpaired) electrons. The van der Waals surface area contributed by atoms with Gasteiger partial charge in [-0.2, -0.15) is 0 Å². The predicted octanol–water partition coefficient (Wildman–Crippen LogP) is -0.560. The Morgan fingerprint density at radius 2 is 1.22 bits per heavy atom. The molecule has 244 valence electrons. The first-order valence-electron chi connectivity index (χ1n) is 14.7. The van der Waals surface area contributed by atoms with Gasteiger partial charge in [0.2, 0.25) is 5.91 Å². The van der Waals surface area contributed by atoms with Gasteiger partial charge in [0.25, 0.3) is 11.1 Å². The minimum absolute atomic E-state index is 0.0779. The van der Waals surface area contributed by atoms with Crippen molar-refractivity contribution in [3.05, 3.63) is 65.2 Å². The highest BCUT2D eigenvalue weighted by atomic mass is 32.2. The van der Waals surface area contributed by atoms with Gasteiger partial charge in [0.05, 0.1) is 12.3 Å². The Hall–Kier alpha value is -3.06. The van der Waals surface area contributed by atoms with Crippen molar-refractivity contribution < 1.29 is 33.2 Å². The van der Waals surface area contributed by atoms with E-state index in [-0.39, 0.29) is 18.2 Å². The third-order valence-electron chi connectivity index (χ3n) is 8.69. The first-order chi connectivity index (χ1) is 21.1. The molecule has 2 aromatic rings. The summed E-state index contributed by atoms with van der Waals surface area (Å²) in [6, 6.07) is 0. The van der Waals surface area contributed by atoms with Crippen molar-refractivity contribution in [1.29, 1.82) is 0 Å². The van der Waals surface area contributed by atoms with Crippen LogP contribution in [-0.4, -0.2) is 95.8 Å². The highest BCUT2D eigenvalue weighted by Gasteiger charge is 2.62. The van der Waals surface area contributed by atoms with Gasteiger partial charge in [-0.1, -0.05) is 0 Å². The van der Waals surface area contributed by atoms with Crippen molar-refractivity contribution in [2.45, 2.75) is 108 Å². The second-order valence-corrected chi connectivity index (χ2v) is 14.0. The number of rotatable bonds is 5. The van der Waals surface area contributed by atoms with Crippen LogP contribution < -0.4 is 22.5 Å². The lowest BCUT2D eigenvalue weighted by atomic mass is 10.1. The summed E-state index contributed by atoms with van der Waals surface area (Å²) < 4.78 is 40.2. The molecule has 2 N–H and O–H groups in total. The van der Waals surface area contributed by atoms with Gasteiger partial charge < -0.3 is 33.3 Å². The van der Waals surface area contributed by atoms with E-state index in [4.69, 9.17) is 28.4 Å². The van der Waals surface area contributed by atoms with E-state index in [0.717, 1.165) is 0 Å². The molecule has 7 heterocycles. The standard InChI is InChI=1S/C28H35N5O11S/c1-11-7-32(25(37)29-20(11)35)22-17-15(41-27(3,4)43-17)13(39-22)9-31-14(34)10-45-24(31)19-16-18(44-28(5,6)42-16)23(40-19)33-8-12(2)21(36)30-26(33)38/h7-8,13,15-19,22-24H,9-10H2,1-6H3,(H,29,35,37)(H,30,36,38)/t13-,15-,16+,17-,18-,19+,22-,23-,24+/m1/s1. The minimum Gasteiger partial charge on any atom is -0.347 e. The molecule has 9 atom stereocenters. The molecule has 7 rings (SSSR count). The second kappa shape index (κ2) is 10.5. The van der Waals surface area contributed by atoms with Gasteiger partial charge in [-0.3, -0.25) is 33.5 Å². The highest BCUT2D eigenvalue weighted by molar-refractivity contribution is 8.01. The summed E-state index contributed by atoms with van der Waals surface area (Å²) in [7, 11) is 0. The Bertz CT molecular complexity index is 1780. The third-order valence-corrected chi connectivity index (χ3v) is 9.97. The average Bonchev–Trinajstić information content (AvgIpc) is 3.71. The van der Waals surface area contributed by atoms with Crippen LogP contribution in [0.15, 0.2) is 31.6 Å². The summed E-state index contributed by atoms with van der Waals surface area (Å²) in [6.07, 6.45) is -3.11. The molecule has 0 aromatic carbocycles. The number of thioether (sulfide) groups is 1.